The smallest absolute Gasteiger partial charge is 0.192 e. The maximum Gasteiger partial charge on any atom is 0.192 e. The first-order chi connectivity index (χ1) is 6.83. The molecule has 0 fully saturated rings. The van der Waals surface area contributed by atoms with Crippen molar-refractivity contribution >= 4 is 8.32 Å². The Labute approximate surface area is 94.6 Å². The first-order valence-corrected chi connectivity index (χ1v) is 8.33. The van der Waals surface area contributed by atoms with E-state index in [4.69, 9.17) is 4.43 Å². The minimum Gasteiger partial charge on any atom is -0.413 e. The third kappa shape index (κ3) is 3.47. The van der Waals surface area contributed by atoms with Gasteiger partial charge in [0.25, 0.3) is 0 Å². The lowest BCUT2D eigenvalue weighted by Gasteiger charge is -2.36. The summed E-state index contributed by atoms with van der Waals surface area (Å²) in [5.74, 6) is 0. The Kier molecular flexibility index (Phi) is 3.74. The van der Waals surface area contributed by atoms with Gasteiger partial charge in [-0.3, -0.25) is 0 Å². The lowest BCUT2D eigenvalue weighted by molar-refractivity contribution is 0.276. The summed E-state index contributed by atoms with van der Waals surface area (Å²) in [4.78, 5) is 0. The van der Waals surface area contributed by atoms with Crippen molar-refractivity contribution in [3.05, 3.63) is 35.9 Å². The van der Waals surface area contributed by atoms with Crippen LogP contribution in [0.25, 0.3) is 0 Å². The van der Waals surface area contributed by atoms with Crippen LogP contribution in [0.4, 0.5) is 0 Å². The average molecular weight is 221 g/mol. The summed E-state index contributed by atoms with van der Waals surface area (Å²) < 4.78 is 6.10. The fourth-order valence-electron chi connectivity index (χ4n) is 1.00. The van der Waals surface area contributed by atoms with E-state index in [-0.39, 0.29) is 5.04 Å². The molecule has 15 heavy (non-hydrogen) atoms. The van der Waals surface area contributed by atoms with E-state index < -0.39 is 8.32 Å². The molecule has 0 aliphatic carbocycles. The minimum atomic E-state index is -1.60. The second kappa shape index (κ2) is 4.50. The number of rotatable bonds is 3. The van der Waals surface area contributed by atoms with Gasteiger partial charge < -0.3 is 4.43 Å². The summed E-state index contributed by atoms with van der Waals surface area (Å²) >= 11 is 0. The van der Waals surface area contributed by atoms with Crippen molar-refractivity contribution in [2.75, 3.05) is 0 Å². The summed E-state index contributed by atoms with van der Waals surface area (Å²) in [6.07, 6.45) is 0. The maximum absolute atomic E-state index is 6.10. The summed E-state index contributed by atoms with van der Waals surface area (Å²) in [5, 5.41) is 0.283. The molecule has 1 aromatic carbocycles. The molecule has 0 atom stereocenters. The number of benzene rings is 1. The van der Waals surface area contributed by atoms with Crippen LogP contribution >= 0.6 is 0 Å². The predicted octanol–water partition coefficient (Wildman–Crippen LogP) is 4.01. The zero-order chi connectivity index (χ0) is 11.5. The molecule has 0 N–H and O–H groups in total. The summed E-state index contributed by atoms with van der Waals surface area (Å²) in [7, 11) is -1.60. The van der Waals surface area contributed by atoms with E-state index >= 15 is 0 Å². The van der Waals surface area contributed by atoms with Crippen LogP contribution in [0.1, 0.15) is 26.3 Å². The van der Waals surface area contributed by atoms with Crippen LogP contribution in [0.3, 0.4) is 0 Å². The highest BCUT2D eigenvalue weighted by molar-refractivity contribution is 6.74. The Morgan fingerprint density at radius 3 is 2.47 bits per heavy atom. The fourth-order valence-corrected chi connectivity index (χ4v) is 1.96. The molecule has 0 amide bonds. The highest BCUT2D eigenvalue weighted by Crippen LogP contribution is 2.36. The van der Waals surface area contributed by atoms with Crippen molar-refractivity contribution in [3.63, 3.8) is 0 Å². The second-order valence-corrected chi connectivity index (χ2v) is 10.3. The van der Waals surface area contributed by atoms with Gasteiger partial charge in [-0.1, -0.05) is 39.0 Å². The highest BCUT2D eigenvalue weighted by atomic mass is 28.4. The Morgan fingerprint density at radius 1 is 1.33 bits per heavy atom. The quantitative estimate of drug-likeness (QED) is 0.701. The van der Waals surface area contributed by atoms with E-state index in [9.17, 15) is 0 Å². The second-order valence-electron chi connectivity index (χ2n) is 5.46. The Morgan fingerprint density at radius 2 is 2.00 bits per heavy atom. The predicted molar refractivity (Wildman–Crippen MR) is 67.3 cm³/mol. The van der Waals surface area contributed by atoms with Crippen LogP contribution in [0.15, 0.2) is 24.3 Å². The van der Waals surface area contributed by atoms with Gasteiger partial charge in [-0.2, -0.15) is 0 Å². The van der Waals surface area contributed by atoms with E-state index in [1.54, 1.807) is 0 Å². The van der Waals surface area contributed by atoms with Crippen molar-refractivity contribution in [2.45, 2.75) is 45.5 Å². The maximum atomic E-state index is 6.10. The monoisotopic (exact) mass is 221 g/mol. The lowest BCUT2D eigenvalue weighted by atomic mass is 10.2. The van der Waals surface area contributed by atoms with Crippen molar-refractivity contribution < 1.29 is 4.43 Å². The van der Waals surface area contributed by atoms with Gasteiger partial charge in [0.2, 0.25) is 0 Å². The topological polar surface area (TPSA) is 9.23 Å². The molecule has 1 radical (unpaired) electrons. The van der Waals surface area contributed by atoms with Crippen molar-refractivity contribution in [3.8, 4) is 0 Å². The molecule has 1 aromatic rings. The molecule has 2 heteroatoms. The zero-order valence-electron chi connectivity index (χ0n) is 10.4. The van der Waals surface area contributed by atoms with Crippen LogP contribution in [0, 0.1) is 6.07 Å². The molecule has 0 bridgehead atoms. The first-order valence-electron chi connectivity index (χ1n) is 5.42. The van der Waals surface area contributed by atoms with Crippen LogP contribution < -0.4 is 0 Å². The first kappa shape index (κ1) is 12.5. The third-order valence-electron chi connectivity index (χ3n) is 3.18. The zero-order valence-corrected chi connectivity index (χ0v) is 11.4. The molecule has 0 spiro atoms. The van der Waals surface area contributed by atoms with E-state index in [0.29, 0.717) is 6.61 Å². The molecule has 0 saturated carbocycles. The van der Waals surface area contributed by atoms with Crippen LogP contribution in [0.5, 0.6) is 0 Å². The molecule has 1 rings (SSSR count). The number of hydrogen-bond acceptors (Lipinski definition) is 1. The van der Waals surface area contributed by atoms with Gasteiger partial charge >= 0.3 is 0 Å². The standard InChI is InChI=1S/C13H21OSi/c1-13(2,3)15(4,5)14-11-12-9-7-6-8-10-12/h6-7,9-10H,11H2,1-5H3. The molecule has 0 saturated heterocycles. The molecule has 0 aliphatic rings. The van der Waals surface area contributed by atoms with E-state index in [1.165, 1.54) is 5.56 Å². The van der Waals surface area contributed by atoms with Crippen molar-refractivity contribution in [2.24, 2.45) is 0 Å². The lowest BCUT2D eigenvalue weighted by Crippen LogP contribution is -2.40. The molecule has 0 heterocycles. The minimum absolute atomic E-state index is 0.283. The van der Waals surface area contributed by atoms with Gasteiger partial charge in [-0.25, -0.2) is 0 Å². The summed E-state index contributed by atoms with van der Waals surface area (Å²) in [6, 6.07) is 11.1. The molecular formula is C13H21OSi. The van der Waals surface area contributed by atoms with Crippen LogP contribution in [-0.4, -0.2) is 8.32 Å². The number of hydrogen-bond donors (Lipinski definition) is 0. The van der Waals surface area contributed by atoms with Gasteiger partial charge in [0.15, 0.2) is 8.32 Å². The normalized spacial score (nSPS) is 12.9. The van der Waals surface area contributed by atoms with Gasteiger partial charge in [0.05, 0.1) is 6.61 Å². The summed E-state index contributed by atoms with van der Waals surface area (Å²) in [6.45, 7) is 12.1. The van der Waals surface area contributed by atoms with E-state index in [0.717, 1.165) is 0 Å². The Balaban J connectivity index is 2.58. The average Bonchev–Trinajstić information content (AvgIpc) is 2.15. The Hall–Kier alpha value is -0.603. The molecule has 0 aromatic heterocycles. The van der Waals surface area contributed by atoms with Gasteiger partial charge in [-0.05, 0) is 35.8 Å². The molecular weight excluding hydrogens is 200 g/mol. The van der Waals surface area contributed by atoms with Crippen molar-refractivity contribution in [1.82, 2.24) is 0 Å². The van der Waals surface area contributed by atoms with E-state index in [1.807, 2.05) is 18.2 Å². The highest BCUT2D eigenvalue weighted by Gasteiger charge is 2.36. The van der Waals surface area contributed by atoms with Gasteiger partial charge in [0.1, 0.15) is 0 Å². The van der Waals surface area contributed by atoms with E-state index in [2.05, 4.69) is 46.0 Å². The van der Waals surface area contributed by atoms with Gasteiger partial charge in [-0.15, -0.1) is 0 Å². The molecule has 1 nitrogen and oxygen atoms in total. The SMILES string of the molecule is CC(C)(C)[Si](C)(C)OCc1c[c]ccc1. The largest absolute Gasteiger partial charge is 0.413 e. The van der Waals surface area contributed by atoms with Crippen LogP contribution in [0.2, 0.25) is 18.1 Å². The molecule has 0 unspecified atom stereocenters. The van der Waals surface area contributed by atoms with Crippen LogP contribution in [-0.2, 0) is 11.0 Å². The molecule has 83 valence electrons. The van der Waals surface area contributed by atoms with Crippen molar-refractivity contribution in [1.29, 1.82) is 0 Å². The van der Waals surface area contributed by atoms with Gasteiger partial charge in [0, 0.05) is 0 Å². The third-order valence-corrected chi connectivity index (χ3v) is 7.66. The fraction of sp³-hybridized carbons (Fsp3) is 0.538. The Bertz CT molecular complexity index is 298. The summed E-state index contributed by atoms with van der Waals surface area (Å²) in [5.41, 5.74) is 1.21. The molecule has 0 aliphatic heterocycles.